The van der Waals surface area contributed by atoms with Crippen LogP contribution in [-0.4, -0.2) is 42.9 Å². The Hall–Kier alpha value is -2.52. The standard InChI is InChI=1S/C24H25BrN4O2S/c1-28(2)32(30,31)27-13-10-21-17-29(16-18-4-3-5-22(25)14-18)24-15-20(6-7-23(21)24)19-8-11-26-12-9-19/h3-9,11-12,14-15,17,27H,10,13,16H2,1-2H3. The lowest BCUT2D eigenvalue weighted by atomic mass is 10.0. The zero-order valence-corrected chi connectivity index (χ0v) is 20.4. The minimum Gasteiger partial charge on any atom is -0.343 e. The van der Waals surface area contributed by atoms with Crippen LogP contribution in [0.15, 0.2) is 77.7 Å². The van der Waals surface area contributed by atoms with Crippen molar-refractivity contribution in [1.29, 1.82) is 0 Å². The second-order valence-corrected chi connectivity index (χ2v) is 10.7. The van der Waals surface area contributed by atoms with Crippen LogP contribution in [0.25, 0.3) is 22.0 Å². The van der Waals surface area contributed by atoms with Crippen molar-refractivity contribution < 1.29 is 8.42 Å². The Morgan fingerprint density at radius 3 is 2.53 bits per heavy atom. The van der Waals surface area contributed by atoms with E-state index in [2.05, 4.69) is 66.7 Å². The van der Waals surface area contributed by atoms with Gasteiger partial charge in [0.05, 0.1) is 0 Å². The molecule has 0 aliphatic rings. The van der Waals surface area contributed by atoms with Crippen LogP contribution in [0.3, 0.4) is 0 Å². The van der Waals surface area contributed by atoms with Gasteiger partial charge in [0.15, 0.2) is 0 Å². The monoisotopic (exact) mass is 512 g/mol. The van der Waals surface area contributed by atoms with Crippen LogP contribution < -0.4 is 4.72 Å². The van der Waals surface area contributed by atoms with Crippen LogP contribution in [0.4, 0.5) is 0 Å². The molecule has 0 fully saturated rings. The first-order chi connectivity index (χ1) is 15.3. The van der Waals surface area contributed by atoms with Crippen molar-refractivity contribution in [3.63, 3.8) is 0 Å². The van der Waals surface area contributed by atoms with Crippen molar-refractivity contribution in [2.45, 2.75) is 13.0 Å². The molecule has 0 amide bonds. The van der Waals surface area contributed by atoms with Gasteiger partial charge in [-0.1, -0.05) is 40.2 Å². The van der Waals surface area contributed by atoms with Crippen LogP contribution in [0.5, 0.6) is 0 Å². The maximum absolute atomic E-state index is 12.1. The summed E-state index contributed by atoms with van der Waals surface area (Å²) >= 11 is 3.55. The molecule has 0 unspecified atom stereocenters. The van der Waals surface area contributed by atoms with E-state index in [4.69, 9.17) is 0 Å². The summed E-state index contributed by atoms with van der Waals surface area (Å²) in [6, 6.07) is 18.7. The van der Waals surface area contributed by atoms with E-state index in [9.17, 15) is 8.42 Å². The molecule has 0 atom stereocenters. The zero-order chi connectivity index (χ0) is 22.7. The smallest absolute Gasteiger partial charge is 0.278 e. The Balaban J connectivity index is 1.70. The first kappa shape index (κ1) is 22.7. The van der Waals surface area contributed by atoms with Crippen LogP contribution in [0.2, 0.25) is 0 Å². The fourth-order valence-electron chi connectivity index (χ4n) is 3.70. The molecule has 4 aromatic rings. The van der Waals surface area contributed by atoms with Crippen molar-refractivity contribution in [2.24, 2.45) is 0 Å². The Morgan fingerprint density at radius 2 is 1.81 bits per heavy atom. The number of hydrogen-bond donors (Lipinski definition) is 1. The van der Waals surface area contributed by atoms with E-state index in [1.165, 1.54) is 24.0 Å². The number of halogens is 1. The van der Waals surface area contributed by atoms with E-state index in [0.29, 0.717) is 13.0 Å². The minimum atomic E-state index is -3.45. The van der Waals surface area contributed by atoms with Gasteiger partial charge in [-0.2, -0.15) is 12.7 Å². The van der Waals surface area contributed by atoms with Crippen LogP contribution >= 0.6 is 15.9 Å². The molecule has 2 heterocycles. The number of nitrogens with zero attached hydrogens (tertiary/aromatic N) is 3. The Bertz CT molecular complexity index is 1330. The van der Waals surface area contributed by atoms with Crippen molar-refractivity contribution >= 4 is 37.0 Å². The first-order valence-corrected chi connectivity index (χ1v) is 12.5. The molecule has 0 saturated carbocycles. The summed E-state index contributed by atoms with van der Waals surface area (Å²) < 4.78 is 31.2. The maximum Gasteiger partial charge on any atom is 0.278 e. The van der Waals surface area contributed by atoms with Gasteiger partial charge >= 0.3 is 0 Å². The number of hydrogen-bond acceptors (Lipinski definition) is 3. The maximum atomic E-state index is 12.1. The average Bonchev–Trinajstić information content (AvgIpc) is 3.11. The third-order valence-corrected chi connectivity index (χ3v) is 7.40. The average molecular weight is 513 g/mol. The molecule has 0 bridgehead atoms. The normalized spacial score (nSPS) is 12.0. The lowest BCUT2D eigenvalue weighted by Crippen LogP contribution is -2.36. The highest BCUT2D eigenvalue weighted by atomic mass is 79.9. The van der Waals surface area contributed by atoms with Crippen molar-refractivity contribution in [1.82, 2.24) is 18.6 Å². The summed E-state index contributed by atoms with van der Waals surface area (Å²) in [6.45, 7) is 1.06. The van der Waals surface area contributed by atoms with E-state index in [-0.39, 0.29) is 0 Å². The second-order valence-electron chi connectivity index (χ2n) is 7.81. The third-order valence-electron chi connectivity index (χ3n) is 5.38. The number of nitrogens with one attached hydrogen (secondary N) is 1. The van der Waals surface area contributed by atoms with Gasteiger partial charge in [0.1, 0.15) is 0 Å². The van der Waals surface area contributed by atoms with Crippen LogP contribution in [0.1, 0.15) is 11.1 Å². The summed E-state index contributed by atoms with van der Waals surface area (Å²) in [7, 11) is -0.404. The van der Waals surface area contributed by atoms with Crippen molar-refractivity contribution in [2.75, 3.05) is 20.6 Å². The molecular weight excluding hydrogens is 488 g/mol. The minimum absolute atomic E-state index is 0.336. The van der Waals surface area contributed by atoms with Gasteiger partial charge in [0.25, 0.3) is 10.2 Å². The van der Waals surface area contributed by atoms with Gasteiger partial charge in [-0.25, -0.2) is 4.72 Å². The topological polar surface area (TPSA) is 67.2 Å². The molecule has 4 rings (SSSR count). The summed E-state index contributed by atoms with van der Waals surface area (Å²) in [5.74, 6) is 0. The van der Waals surface area contributed by atoms with Gasteiger partial charge in [-0.3, -0.25) is 4.98 Å². The molecule has 0 aliphatic carbocycles. The number of pyridine rings is 1. The fraction of sp³-hybridized carbons (Fsp3) is 0.208. The number of rotatable bonds is 8. The first-order valence-electron chi connectivity index (χ1n) is 10.3. The molecule has 2 aromatic carbocycles. The van der Waals surface area contributed by atoms with Gasteiger partial charge < -0.3 is 4.57 Å². The molecule has 0 radical (unpaired) electrons. The molecule has 8 heteroatoms. The number of aromatic nitrogens is 2. The van der Waals surface area contributed by atoms with E-state index in [1.54, 1.807) is 12.4 Å². The molecule has 0 spiro atoms. The summed E-state index contributed by atoms with van der Waals surface area (Å²) in [6.07, 6.45) is 6.32. The highest BCUT2D eigenvalue weighted by molar-refractivity contribution is 9.10. The Labute approximate surface area is 197 Å². The van der Waals surface area contributed by atoms with Crippen LogP contribution in [0, 0.1) is 0 Å². The molecule has 0 saturated heterocycles. The van der Waals surface area contributed by atoms with Crippen molar-refractivity contribution in [3.05, 3.63) is 88.8 Å². The fourth-order valence-corrected chi connectivity index (χ4v) is 4.76. The number of fused-ring (bicyclic) bond motifs is 1. The third kappa shape index (κ3) is 5.10. The molecule has 32 heavy (non-hydrogen) atoms. The van der Waals surface area contributed by atoms with E-state index in [1.807, 2.05) is 24.3 Å². The quantitative estimate of drug-likeness (QED) is 0.379. The van der Waals surface area contributed by atoms with E-state index < -0.39 is 10.2 Å². The molecule has 1 N–H and O–H groups in total. The molecule has 0 aliphatic heterocycles. The SMILES string of the molecule is CN(C)S(=O)(=O)NCCc1cn(Cc2cccc(Br)c2)c2cc(-c3ccncc3)ccc12. The van der Waals surface area contributed by atoms with Gasteiger partial charge in [-0.05, 0) is 59.0 Å². The predicted octanol–water partition coefficient (Wildman–Crippen LogP) is 4.45. The van der Waals surface area contributed by atoms with Crippen molar-refractivity contribution in [3.8, 4) is 11.1 Å². The highest BCUT2D eigenvalue weighted by Gasteiger charge is 2.14. The Morgan fingerprint density at radius 1 is 1.03 bits per heavy atom. The van der Waals surface area contributed by atoms with Gasteiger partial charge in [0.2, 0.25) is 0 Å². The second kappa shape index (κ2) is 9.54. The highest BCUT2D eigenvalue weighted by Crippen LogP contribution is 2.29. The molecular formula is C24H25BrN4O2S. The largest absolute Gasteiger partial charge is 0.343 e. The lowest BCUT2D eigenvalue weighted by molar-refractivity contribution is 0.506. The van der Waals surface area contributed by atoms with E-state index >= 15 is 0 Å². The lowest BCUT2D eigenvalue weighted by Gasteiger charge is -2.11. The predicted molar refractivity (Wildman–Crippen MR) is 133 cm³/mol. The van der Waals surface area contributed by atoms with Gasteiger partial charge in [0, 0.05) is 61.2 Å². The Kier molecular flexibility index (Phi) is 6.76. The zero-order valence-electron chi connectivity index (χ0n) is 18.0. The molecule has 6 nitrogen and oxygen atoms in total. The van der Waals surface area contributed by atoms with Gasteiger partial charge in [-0.15, -0.1) is 0 Å². The van der Waals surface area contributed by atoms with E-state index in [0.717, 1.165) is 38.6 Å². The summed E-state index contributed by atoms with van der Waals surface area (Å²) in [4.78, 5) is 4.12. The molecule has 166 valence electrons. The summed E-state index contributed by atoms with van der Waals surface area (Å²) in [5.41, 5.74) is 5.64. The van der Waals surface area contributed by atoms with Crippen LogP contribution in [-0.2, 0) is 23.2 Å². The summed E-state index contributed by atoms with van der Waals surface area (Å²) in [5, 5.41) is 1.13. The molecule has 2 aromatic heterocycles. The number of benzene rings is 2.